The fourth-order valence-corrected chi connectivity index (χ4v) is 10.6. The minimum Gasteiger partial charge on any atom is -0.394 e. The lowest BCUT2D eigenvalue weighted by Crippen LogP contribution is -2.45. The number of carbonyl (C=O) groups is 1. The Morgan fingerprint density at radius 1 is 0.316 bits per heavy atom. The molecule has 0 aliphatic carbocycles. The molecule has 2 atom stereocenters. The smallest absolute Gasteiger partial charge is 0.220 e. The predicted octanol–water partition coefficient (Wildman–Crippen LogP) is 24.0. The maximum absolute atomic E-state index is 12.5. The van der Waals surface area contributed by atoms with Crippen LogP contribution in [-0.4, -0.2) is 34.9 Å². The monoisotopic (exact) mass is 1100 g/mol. The van der Waals surface area contributed by atoms with Crippen LogP contribution in [0.15, 0.2) is 97.2 Å². The van der Waals surface area contributed by atoms with E-state index in [9.17, 15) is 15.0 Å². The maximum Gasteiger partial charge on any atom is 0.220 e. The molecule has 4 nitrogen and oxygen atoms in total. The number of rotatable bonds is 64. The topological polar surface area (TPSA) is 69.6 Å². The number of unbranched alkanes of at least 4 members (excludes halogenated alkanes) is 43. The van der Waals surface area contributed by atoms with Gasteiger partial charge in [-0.2, -0.15) is 0 Å². The minimum absolute atomic E-state index is 0.0622. The van der Waals surface area contributed by atoms with Gasteiger partial charge in [0.25, 0.3) is 0 Å². The van der Waals surface area contributed by atoms with Crippen molar-refractivity contribution in [1.82, 2.24) is 5.32 Å². The van der Waals surface area contributed by atoms with Crippen LogP contribution in [0.3, 0.4) is 0 Å². The third kappa shape index (κ3) is 66.0. The van der Waals surface area contributed by atoms with Crippen LogP contribution in [0, 0.1) is 0 Å². The van der Waals surface area contributed by atoms with E-state index in [1.807, 2.05) is 6.08 Å². The van der Waals surface area contributed by atoms with Gasteiger partial charge in [0.05, 0.1) is 18.8 Å². The summed E-state index contributed by atoms with van der Waals surface area (Å²) in [7, 11) is 0. The first-order chi connectivity index (χ1) is 39.2. The van der Waals surface area contributed by atoms with E-state index in [1.54, 1.807) is 6.08 Å². The van der Waals surface area contributed by atoms with E-state index in [0.717, 1.165) is 70.6 Å². The lowest BCUT2D eigenvalue weighted by Gasteiger charge is -2.20. The summed E-state index contributed by atoms with van der Waals surface area (Å²) in [6, 6.07) is -0.629. The van der Waals surface area contributed by atoms with E-state index >= 15 is 0 Å². The number of aliphatic hydroxyl groups excluding tert-OH is 2. The highest BCUT2D eigenvalue weighted by molar-refractivity contribution is 5.76. The molecule has 0 saturated carbocycles. The van der Waals surface area contributed by atoms with Crippen LogP contribution in [0.1, 0.15) is 354 Å². The van der Waals surface area contributed by atoms with Gasteiger partial charge in [0.1, 0.15) is 0 Å². The summed E-state index contributed by atoms with van der Waals surface area (Å²) in [6.07, 6.45) is 103. The lowest BCUT2D eigenvalue weighted by molar-refractivity contribution is -0.123. The molecular weight excluding hydrogens is 963 g/mol. The molecule has 458 valence electrons. The quantitative estimate of drug-likeness (QED) is 0.0420. The van der Waals surface area contributed by atoms with Gasteiger partial charge in [0.15, 0.2) is 0 Å². The Labute approximate surface area is 494 Å². The standard InChI is InChI=1S/C75H135NO3/c1-3-5-7-9-11-13-15-17-19-21-23-25-27-29-31-33-35-36-37-38-39-40-41-43-45-47-49-51-53-55-57-59-61-63-65-67-69-71-75(79)76-73(72-77)74(78)70-68-66-64-62-60-58-56-54-52-50-48-46-44-42-34-32-30-28-26-24-22-20-18-16-14-12-10-8-6-4-2/h5,7,11,13,17,19,23,25,29,31,35-36,38-39,68,70,73-74,77-78H,3-4,6,8-10,12,14-16,18,20-22,24,26-28,30,32-34,37,40-67,69,71-72H2,1-2H3,(H,76,79)/b7-5-,13-11-,19-17-,25-23-,31-29-,36-35-,39-38-,70-68+. The second kappa shape index (κ2) is 69.6. The third-order valence-corrected chi connectivity index (χ3v) is 15.8. The molecule has 0 aliphatic heterocycles. The number of hydrogen-bond donors (Lipinski definition) is 3. The van der Waals surface area contributed by atoms with Gasteiger partial charge in [-0.3, -0.25) is 4.79 Å². The van der Waals surface area contributed by atoms with Crippen LogP contribution in [0.4, 0.5) is 0 Å². The van der Waals surface area contributed by atoms with E-state index < -0.39 is 12.1 Å². The zero-order valence-corrected chi connectivity index (χ0v) is 52.9. The summed E-state index contributed by atoms with van der Waals surface area (Å²) in [5, 5.41) is 23.3. The molecule has 1 amide bonds. The van der Waals surface area contributed by atoms with Crippen molar-refractivity contribution >= 4 is 5.91 Å². The fraction of sp³-hybridized carbons (Fsp3) is 0.773. The maximum atomic E-state index is 12.5. The molecule has 0 bridgehead atoms. The molecule has 0 fully saturated rings. The molecule has 0 aliphatic rings. The van der Waals surface area contributed by atoms with Crippen molar-refractivity contribution in [3.8, 4) is 0 Å². The Morgan fingerprint density at radius 2 is 0.557 bits per heavy atom. The first-order valence-electron chi connectivity index (χ1n) is 35.0. The summed E-state index contributed by atoms with van der Waals surface area (Å²) < 4.78 is 0. The molecule has 3 N–H and O–H groups in total. The van der Waals surface area contributed by atoms with Gasteiger partial charge >= 0.3 is 0 Å². The number of amides is 1. The summed E-state index contributed by atoms with van der Waals surface area (Å²) >= 11 is 0. The van der Waals surface area contributed by atoms with Gasteiger partial charge in [-0.25, -0.2) is 0 Å². The number of allylic oxidation sites excluding steroid dienone is 15. The molecule has 0 aromatic heterocycles. The van der Waals surface area contributed by atoms with Gasteiger partial charge in [-0.1, -0.05) is 368 Å². The Balaban J connectivity index is 3.48. The molecule has 0 aromatic carbocycles. The van der Waals surface area contributed by atoms with Gasteiger partial charge in [-0.15, -0.1) is 0 Å². The first kappa shape index (κ1) is 76.3. The number of carbonyl (C=O) groups excluding carboxylic acids is 1. The molecule has 0 radical (unpaired) electrons. The van der Waals surface area contributed by atoms with Crippen molar-refractivity contribution in [2.45, 2.75) is 366 Å². The predicted molar refractivity (Wildman–Crippen MR) is 354 cm³/mol. The van der Waals surface area contributed by atoms with Crippen molar-refractivity contribution < 1.29 is 15.0 Å². The Hall–Kier alpha value is -2.69. The van der Waals surface area contributed by atoms with E-state index in [2.05, 4.69) is 104 Å². The number of nitrogens with one attached hydrogen (secondary N) is 1. The van der Waals surface area contributed by atoms with Gasteiger partial charge in [0.2, 0.25) is 5.91 Å². The summed E-state index contributed by atoms with van der Waals surface area (Å²) in [6.45, 7) is 4.23. The highest BCUT2D eigenvalue weighted by atomic mass is 16.3. The Kier molecular flexibility index (Phi) is 67.2. The van der Waals surface area contributed by atoms with Crippen LogP contribution in [-0.2, 0) is 4.79 Å². The molecule has 0 saturated heterocycles. The molecular formula is C75H135NO3. The molecule has 4 heteroatoms. The Morgan fingerprint density at radius 3 is 0.835 bits per heavy atom. The second-order valence-corrected chi connectivity index (χ2v) is 23.6. The normalized spacial score (nSPS) is 13.3. The first-order valence-corrected chi connectivity index (χ1v) is 35.0. The summed E-state index contributed by atoms with van der Waals surface area (Å²) in [5.41, 5.74) is 0. The van der Waals surface area contributed by atoms with E-state index in [-0.39, 0.29) is 12.5 Å². The van der Waals surface area contributed by atoms with Crippen molar-refractivity contribution in [3.63, 3.8) is 0 Å². The van der Waals surface area contributed by atoms with E-state index in [1.165, 1.54) is 263 Å². The second-order valence-electron chi connectivity index (χ2n) is 23.6. The van der Waals surface area contributed by atoms with Gasteiger partial charge < -0.3 is 15.5 Å². The van der Waals surface area contributed by atoms with Crippen LogP contribution in [0.25, 0.3) is 0 Å². The van der Waals surface area contributed by atoms with E-state index in [4.69, 9.17) is 0 Å². The highest BCUT2D eigenvalue weighted by Gasteiger charge is 2.18. The van der Waals surface area contributed by atoms with Crippen LogP contribution >= 0.6 is 0 Å². The SMILES string of the molecule is CC/C=C\C/C=C\C/C=C\C/C=C\C/C=C\C/C=C\C/C=C\CCCCCCCCCCCCCCCCCC(=O)NC(CO)C(O)/C=C/CCCCCCCCCCCCCCCCCCCCCCCCCCCCCC. The van der Waals surface area contributed by atoms with Gasteiger partial charge in [0, 0.05) is 6.42 Å². The van der Waals surface area contributed by atoms with Gasteiger partial charge in [-0.05, 0) is 77.0 Å². The van der Waals surface area contributed by atoms with Crippen molar-refractivity contribution in [2.75, 3.05) is 6.61 Å². The van der Waals surface area contributed by atoms with Crippen molar-refractivity contribution in [1.29, 1.82) is 0 Å². The zero-order chi connectivity index (χ0) is 56.9. The number of hydrogen-bond acceptors (Lipinski definition) is 3. The third-order valence-electron chi connectivity index (χ3n) is 15.8. The largest absolute Gasteiger partial charge is 0.394 e. The average Bonchev–Trinajstić information content (AvgIpc) is 3.45. The molecule has 0 spiro atoms. The average molecular weight is 1100 g/mol. The molecule has 0 rings (SSSR count). The van der Waals surface area contributed by atoms with E-state index in [0.29, 0.717) is 6.42 Å². The Bertz CT molecular complexity index is 1430. The lowest BCUT2D eigenvalue weighted by atomic mass is 10.0. The fourth-order valence-electron chi connectivity index (χ4n) is 10.6. The molecule has 79 heavy (non-hydrogen) atoms. The van der Waals surface area contributed by atoms with Crippen molar-refractivity contribution in [2.24, 2.45) is 0 Å². The summed E-state index contributed by atoms with van der Waals surface area (Å²) in [5.74, 6) is -0.0622. The minimum atomic E-state index is -0.845. The number of aliphatic hydroxyl groups is 2. The summed E-state index contributed by atoms with van der Waals surface area (Å²) in [4.78, 5) is 12.5. The molecule has 0 aromatic rings. The van der Waals surface area contributed by atoms with Crippen molar-refractivity contribution in [3.05, 3.63) is 97.2 Å². The highest BCUT2D eigenvalue weighted by Crippen LogP contribution is 2.18. The van der Waals surface area contributed by atoms with Crippen LogP contribution in [0.5, 0.6) is 0 Å². The molecule has 0 heterocycles. The van der Waals surface area contributed by atoms with Crippen LogP contribution < -0.4 is 5.32 Å². The zero-order valence-electron chi connectivity index (χ0n) is 52.9. The molecule has 2 unspecified atom stereocenters. The van der Waals surface area contributed by atoms with Crippen LogP contribution in [0.2, 0.25) is 0 Å².